The summed E-state index contributed by atoms with van der Waals surface area (Å²) >= 11 is 4.28. The molecular formula is C15H23NO2S. The van der Waals surface area contributed by atoms with Crippen molar-refractivity contribution in [3.63, 3.8) is 0 Å². The highest BCUT2D eigenvalue weighted by Crippen LogP contribution is 2.15. The van der Waals surface area contributed by atoms with E-state index in [1.807, 2.05) is 26.0 Å². The van der Waals surface area contributed by atoms with Crippen molar-refractivity contribution in [1.29, 1.82) is 0 Å². The molecule has 4 heteroatoms. The summed E-state index contributed by atoms with van der Waals surface area (Å²) < 4.78 is 5.42. The van der Waals surface area contributed by atoms with E-state index in [0.29, 0.717) is 24.7 Å². The highest BCUT2D eigenvalue weighted by atomic mass is 32.1. The number of carbonyl (C=O) groups is 1. The minimum absolute atomic E-state index is 0.0235. The number of thiol groups is 1. The van der Waals surface area contributed by atoms with E-state index in [4.69, 9.17) is 4.74 Å². The fourth-order valence-electron chi connectivity index (χ4n) is 1.75. The number of rotatable bonds is 6. The number of aryl methyl sites for hydroxylation is 1. The van der Waals surface area contributed by atoms with Crippen LogP contribution in [0, 0.1) is 12.8 Å². The summed E-state index contributed by atoms with van der Waals surface area (Å²) in [6, 6.07) is 5.61. The van der Waals surface area contributed by atoms with Gasteiger partial charge < -0.3 is 10.1 Å². The molecule has 1 aromatic rings. The Balaban J connectivity index is 2.78. The largest absolute Gasteiger partial charge is 0.380 e. The normalized spacial score (nSPS) is 12.5. The van der Waals surface area contributed by atoms with Crippen LogP contribution < -0.4 is 5.32 Å². The first-order valence-electron chi connectivity index (χ1n) is 6.64. The van der Waals surface area contributed by atoms with Gasteiger partial charge in [0.2, 0.25) is 0 Å². The molecule has 0 aliphatic rings. The summed E-state index contributed by atoms with van der Waals surface area (Å²) in [4.78, 5) is 13.1. The molecule has 3 nitrogen and oxygen atoms in total. The molecule has 1 N–H and O–H groups in total. The van der Waals surface area contributed by atoms with Crippen molar-refractivity contribution in [3.8, 4) is 0 Å². The average molecular weight is 281 g/mol. The molecule has 0 spiro atoms. The summed E-state index contributed by atoms with van der Waals surface area (Å²) in [5.41, 5.74) is 1.63. The van der Waals surface area contributed by atoms with Gasteiger partial charge >= 0.3 is 0 Å². The van der Waals surface area contributed by atoms with Gasteiger partial charge in [0.1, 0.15) is 0 Å². The van der Waals surface area contributed by atoms with Crippen LogP contribution in [0.2, 0.25) is 0 Å². The quantitative estimate of drug-likeness (QED) is 0.787. The van der Waals surface area contributed by atoms with Crippen LogP contribution in [0.3, 0.4) is 0 Å². The molecule has 0 aliphatic carbocycles. The smallest absolute Gasteiger partial charge is 0.251 e. The molecular weight excluding hydrogens is 258 g/mol. The Bertz CT molecular complexity index is 432. The molecule has 0 heterocycles. The van der Waals surface area contributed by atoms with E-state index in [2.05, 4.69) is 31.8 Å². The molecule has 0 bridgehead atoms. The first kappa shape index (κ1) is 16.1. The zero-order valence-corrected chi connectivity index (χ0v) is 13.0. The van der Waals surface area contributed by atoms with Gasteiger partial charge in [0.05, 0.1) is 12.6 Å². The summed E-state index contributed by atoms with van der Waals surface area (Å²) in [6.07, 6.45) is 0. The highest BCUT2D eigenvalue weighted by Gasteiger charge is 2.18. The Morgan fingerprint density at radius 3 is 2.68 bits per heavy atom. The fraction of sp³-hybridized carbons (Fsp3) is 0.533. The molecule has 0 radical (unpaired) electrons. The van der Waals surface area contributed by atoms with Crippen LogP contribution >= 0.6 is 12.6 Å². The standard InChI is InChI=1S/C15H23NO2S/c1-5-18-9-14(10(2)3)16-15(17)13-8-12(19)7-6-11(13)4/h6-8,10,14,19H,5,9H2,1-4H3,(H,16,17). The van der Waals surface area contributed by atoms with Crippen molar-refractivity contribution >= 4 is 18.5 Å². The SMILES string of the molecule is CCOCC(NC(=O)c1cc(S)ccc1C)C(C)C. The second-order valence-corrected chi connectivity index (χ2v) is 5.50. The number of carbonyl (C=O) groups excluding carboxylic acids is 1. The van der Waals surface area contributed by atoms with Gasteiger partial charge in [0, 0.05) is 17.1 Å². The number of hydrogen-bond donors (Lipinski definition) is 2. The van der Waals surface area contributed by atoms with Crippen LogP contribution in [0.25, 0.3) is 0 Å². The van der Waals surface area contributed by atoms with Gasteiger partial charge in [0.25, 0.3) is 5.91 Å². The van der Waals surface area contributed by atoms with Crippen LogP contribution in [0.1, 0.15) is 36.7 Å². The van der Waals surface area contributed by atoms with E-state index >= 15 is 0 Å². The van der Waals surface area contributed by atoms with Crippen molar-refractivity contribution < 1.29 is 9.53 Å². The highest BCUT2D eigenvalue weighted by molar-refractivity contribution is 7.80. The lowest BCUT2D eigenvalue weighted by Gasteiger charge is -2.22. The van der Waals surface area contributed by atoms with Crippen molar-refractivity contribution in [3.05, 3.63) is 29.3 Å². The molecule has 1 amide bonds. The lowest BCUT2D eigenvalue weighted by Crippen LogP contribution is -2.42. The maximum atomic E-state index is 12.3. The Morgan fingerprint density at radius 1 is 1.42 bits per heavy atom. The number of hydrogen-bond acceptors (Lipinski definition) is 3. The monoisotopic (exact) mass is 281 g/mol. The third kappa shape index (κ3) is 4.88. The predicted molar refractivity (Wildman–Crippen MR) is 81.0 cm³/mol. The summed E-state index contributed by atoms with van der Waals surface area (Å²) in [5.74, 6) is 0.266. The number of amides is 1. The maximum absolute atomic E-state index is 12.3. The Labute approximate surface area is 121 Å². The molecule has 0 saturated heterocycles. The maximum Gasteiger partial charge on any atom is 0.251 e. The van der Waals surface area contributed by atoms with Gasteiger partial charge in [-0.05, 0) is 37.5 Å². The van der Waals surface area contributed by atoms with Crippen LogP contribution in [-0.2, 0) is 4.74 Å². The third-order valence-electron chi connectivity index (χ3n) is 3.09. The summed E-state index contributed by atoms with van der Waals surface area (Å²) in [6.45, 7) is 9.23. The Hall–Kier alpha value is -1.00. The van der Waals surface area contributed by atoms with Crippen molar-refractivity contribution in [2.24, 2.45) is 5.92 Å². The van der Waals surface area contributed by atoms with Gasteiger partial charge in [-0.2, -0.15) is 0 Å². The van der Waals surface area contributed by atoms with Gasteiger partial charge in [-0.15, -0.1) is 12.6 Å². The van der Waals surface area contributed by atoms with E-state index in [0.717, 1.165) is 10.5 Å². The van der Waals surface area contributed by atoms with Crippen LogP contribution in [0.4, 0.5) is 0 Å². The zero-order chi connectivity index (χ0) is 14.4. The van der Waals surface area contributed by atoms with E-state index in [1.165, 1.54) is 0 Å². The predicted octanol–water partition coefficient (Wildman–Crippen LogP) is 3.07. The molecule has 106 valence electrons. The van der Waals surface area contributed by atoms with Crippen molar-refractivity contribution in [2.75, 3.05) is 13.2 Å². The van der Waals surface area contributed by atoms with Gasteiger partial charge in [-0.25, -0.2) is 0 Å². The number of benzene rings is 1. The van der Waals surface area contributed by atoms with Crippen molar-refractivity contribution in [1.82, 2.24) is 5.32 Å². The molecule has 1 atom stereocenters. The minimum atomic E-state index is -0.0631. The van der Waals surface area contributed by atoms with Gasteiger partial charge in [-0.3, -0.25) is 4.79 Å². The van der Waals surface area contributed by atoms with Crippen LogP contribution in [0.5, 0.6) is 0 Å². The third-order valence-corrected chi connectivity index (χ3v) is 3.37. The van der Waals surface area contributed by atoms with Gasteiger partial charge in [0.15, 0.2) is 0 Å². The molecule has 19 heavy (non-hydrogen) atoms. The van der Waals surface area contributed by atoms with Gasteiger partial charge in [-0.1, -0.05) is 19.9 Å². The van der Waals surface area contributed by atoms with E-state index in [1.54, 1.807) is 6.07 Å². The summed E-state index contributed by atoms with van der Waals surface area (Å²) in [7, 11) is 0. The molecule has 0 aromatic heterocycles. The average Bonchev–Trinajstić information content (AvgIpc) is 2.36. The molecule has 1 rings (SSSR count). The van der Waals surface area contributed by atoms with Crippen LogP contribution in [-0.4, -0.2) is 25.2 Å². The zero-order valence-electron chi connectivity index (χ0n) is 12.1. The first-order valence-corrected chi connectivity index (χ1v) is 7.08. The molecule has 0 saturated carbocycles. The molecule has 0 aliphatic heterocycles. The minimum Gasteiger partial charge on any atom is -0.380 e. The second kappa shape index (κ2) is 7.56. The van der Waals surface area contributed by atoms with Crippen molar-refractivity contribution in [2.45, 2.75) is 38.6 Å². The Morgan fingerprint density at radius 2 is 2.11 bits per heavy atom. The lowest BCUT2D eigenvalue weighted by molar-refractivity contribution is 0.0805. The first-order chi connectivity index (χ1) is 8.95. The van der Waals surface area contributed by atoms with E-state index in [9.17, 15) is 4.79 Å². The molecule has 0 fully saturated rings. The molecule has 1 aromatic carbocycles. The van der Waals surface area contributed by atoms with E-state index < -0.39 is 0 Å². The molecule has 1 unspecified atom stereocenters. The Kier molecular flexibility index (Phi) is 6.38. The van der Waals surface area contributed by atoms with Crippen LogP contribution in [0.15, 0.2) is 23.1 Å². The number of nitrogens with one attached hydrogen (secondary N) is 1. The summed E-state index contributed by atoms with van der Waals surface area (Å²) in [5, 5.41) is 3.04. The van der Waals surface area contributed by atoms with E-state index in [-0.39, 0.29) is 11.9 Å². The number of ether oxygens (including phenoxy) is 1. The second-order valence-electron chi connectivity index (χ2n) is 4.98. The lowest BCUT2D eigenvalue weighted by atomic mass is 10.0. The topological polar surface area (TPSA) is 38.3 Å². The fourth-order valence-corrected chi connectivity index (χ4v) is 1.95.